The lowest BCUT2D eigenvalue weighted by Gasteiger charge is -2.40. The van der Waals surface area contributed by atoms with Crippen LogP contribution in [0.4, 0.5) is 5.82 Å². The van der Waals surface area contributed by atoms with Gasteiger partial charge in [-0.15, -0.1) is 0 Å². The second-order valence-electron chi connectivity index (χ2n) is 6.59. The highest BCUT2D eigenvalue weighted by atomic mass is 16.4. The maximum absolute atomic E-state index is 11.8. The standard InChI is InChI=1S/C16H23N3O2/c17-14-13(3-1-7-18-14)10-19-8-2-6-16(11-19,15(20)21)9-12-4-5-12/h1,3,7,12H,2,4-6,8-11H2,(H2,17,18)(H,20,21)/t16-/m0/s1. The van der Waals surface area contributed by atoms with Gasteiger partial charge in [-0.05, 0) is 37.8 Å². The fourth-order valence-electron chi connectivity index (χ4n) is 3.49. The second kappa shape index (κ2) is 5.64. The molecule has 2 fully saturated rings. The third-order valence-electron chi connectivity index (χ3n) is 4.81. The molecule has 5 nitrogen and oxygen atoms in total. The molecule has 3 N–H and O–H groups in total. The van der Waals surface area contributed by atoms with Crippen LogP contribution in [0.15, 0.2) is 18.3 Å². The average molecular weight is 289 g/mol. The van der Waals surface area contributed by atoms with Crippen molar-refractivity contribution in [2.45, 2.75) is 38.6 Å². The predicted octanol–water partition coefficient (Wildman–Crippen LogP) is 2.13. The Morgan fingerprint density at radius 1 is 1.52 bits per heavy atom. The highest BCUT2D eigenvalue weighted by Gasteiger charge is 2.45. The maximum Gasteiger partial charge on any atom is 0.310 e. The lowest BCUT2D eigenvalue weighted by Crippen LogP contribution is -2.47. The molecular weight excluding hydrogens is 266 g/mol. The molecule has 1 atom stereocenters. The van der Waals surface area contributed by atoms with Gasteiger partial charge in [0.1, 0.15) is 5.82 Å². The first-order chi connectivity index (χ1) is 10.1. The van der Waals surface area contributed by atoms with Crippen molar-refractivity contribution in [2.75, 3.05) is 18.8 Å². The van der Waals surface area contributed by atoms with E-state index >= 15 is 0 Å². The van der Waals surface area contributed by atoms with Crippen molar-refractivity contribution in [2.24, 2.45) is 11.3 Å². The van der Waals surface area contributed by atoms with Crippen LogP contribution in [0, 0.1) is 11.3 Å². The first-order valence-corrected chi connectivity index (χ1v) is 7.74. The van der Waals surface area contributed by atoms with E-state index in [2.05, 4.69) is 9.88 Å². The van der Waals surface area contributed by atoms with Gasteiger partial charge in [-0.2, -0.15) is 0 Å². The van der Waals surface area contributed by atoms with Crippen molar-refractivity contribution in [1.29, 1.82) is 0 Å². The van der Waals surface area contributed by atoms with Crippen LogP contribution in [-0.4, -0.2) is 34.0 Å². The zero-order valence-corrected chi connectivity index (χ0v) is 12.3. The number of anilines is 1. The maximum atomic E-state index is 11.8. The molecule has 0 spiro atoms. The monoisotopic (exact) mass is 289 g/mol. The summed E-state index contributed by atoms with van der Waals surface area (Å²) in [6.45, 7) is 2.26. The number of nitrogens with two attached hydrogens (primary N) is 1. The number of aliphatic carboxylic acids is 1. The van der Waals surface area contributed by atoms with Crippen LogP contribution in [0.25, 0.3) is 0 Å². The van der Waals surface area contributed by atoms with E-state index in [9.17, 15) is 9.90 Å². The summed E-state index contributed by atoms with van der Waals surface area (Å²) in [5.74, 6) is 0.550. The van der Waals surface area contributed by atoms with Gasteiger partial charge in [0.05, 0.1) is 5.41 Å². The van der Waals surface area contributed by atoms with Gasteiger partial charge in [0.2, 0.25) is 0 Å². The molecule has 0 amide bonds. The number of piperidine rings is 1. The summed E-state index contributed by atoms with van der Waals surface area (Å²) >= 11 is 0. The number of hydrogen-bond donors (Lipinski definition) is 2. The zero-order chi connectivity index (χ0) is 14.9. The molecular formula is C16H23N3O2. The van der Waals surface area contributed by atoms with Crippen molar-refractivity contribution in [3.63, 3.8) is 0 Å². The topological polar surface area (TPSA) is 79.5 Å². The van der Waals surface area contributed by atoms with Crippen molar-refractivity contribution < 1.29 is 9.90 Å². The average Bonchev–Trinajstić information content (AvgIpc) is 3.25. The number of pyridine rings is 1. The van der Waals surface area contributed by atoms with E-state index in [0.29, 0.717) is 24.8 Å². The Hall–Kier alpha value is -1.62. The Balaban J connectivity index is 1.72. The Morgan fingerprint density at radius 3 is 3.00 bits per heavy atom. The molecule has 2 heterocycles. The lowest BCUT2D eigenvalue weighted by molar-refractivity contribution is -0.153. The summed E-state index contributed by atoms with van der Waals surface area (Å²) in [6.07, 6.45) is 6.66. The normalized spacial score (nSPS) is 26.7. The van der Waals surface area contributed by atoms with Gasteiger partial charge in [0.15, 0.2) is 0 Å². The minimum Gasteiger partial charge on any atom is -0.481 e. The van der Waals surface area contributed by atoms with Gasteiger partial charge in [-0.3, -0.25) is 9.69 Å². The number of aromatic nitrogens is 1. The molecule has 1 aliphatic heterocycles. The molecule has 3 rings (SSSR count). The van der Waals surface area contributed by atoms with Gasteiger partial charge < -0.3 is 10.8 Å². The Morgan fingerprint density at radius 2 is 2.33 bits per heavy atom. The lowest BCUT2D eigenvalue weighted by atomic mass is 9.75. The molecule has 0 radical (unpaired) electrons. The molecule has 0 bridgehead atoms. The van der Waals surface area contributed by atoms with E-state index in [1.54, 1.807) is 6.20 Å². The van der Waals surface area contributed by atoms with Crippen molar-refractivity contribution in [3.05, 3.63) is 23.9 Å². The minimum absolute atomic E-state index is 0.547. The van der Waals surface area contributed by atoms with Crippen molar-refractivity contribution >= 4 is 11.8 Å². The molecule has 21 heavy (non-hydrogen) atoms. The van der Waals surface area contributed by atoms with Gasteiger partial charge in [0.25, 0.3) is 0 Å². The number of nitrogens with zero attached hydrogens (tertiary/aromatic N) is 2. The second-order valence-corrected chi connectivity index (χ2v) is 6.59. The molecule has 114 valence electrons. The van der Waals surface area contributed by atoms with E-state index < -0.39 is 11.4 Å². The highest BCUT2D eigenvalue weighted by molar-refractivity contribution is 5.75. The summed E-state index contributed by atoms with van der Waals surface area (Å²) < 4.78 is 0. The first-order valence-electron chi connectivity index (χ1n) is 7.74. The van der Waals surface area contributed by atoms with Crippen molar-refractivity contribution in [3.8, 4) is 0 Å². The molecule has 2 aliphatic rings. The van der Waals surface area contributed by atoms with Crippen LogP contribution in [0.1, 0.15) is 37.7 Å². The molecule has 5 heteroatoms. The van der Waals surface area contributed by atoms with Crippen LogP contribution < -0.4 is 5.73 Å². The minimum atomic E-state index is -0.627. The predicted molar refractivity (Wildman–Crippen MR) is 80.6 cm³/mol. The summed E-state index contributed by atoms with van der Waals surface area (Å²) in [5, 5.41) is 9.74. The number of carboxylic acid groups (broad SMARTS) is 1. The van der Waals surface area contributed by atoms with E-state index in [1.165, 1.54) is 12.8 Å². The molecule has 1 saturated heterocycles. The third-order valence-corrected chi connectivity index (χ3v) is 4.81. The number of likely N-dealkylation sites (tertiary alicyclic amines) is 1. The van der Waals surface area contributed by atoms with Gasteiger partial charge >= 0.3 is 5.97 Å². The summed E-state index contributed by atoms with van der Waals surface area (Å²) in [6, 6.07) is 3.85. The number of hydrogen-bond acceptors (Lipinski definition) is 4. The fourth-order valence-corrected chi connectivity index (χ4v) is 3.49. The van der Waals surface area contributed by atoms with Crippen LogP contribution in [0.2, 0.25) is 0 Å². The van der Waals surface area contributed by atoms with Crippen LogP contribution in [0.3, 0.4) is 0 Å². The molecule has 1 aromatic heterocycles. The Labute approximate surface area is 125 Å². The van der Waals surface area contributed by atoms with Crippen LogP contribution in [0.5, 0.6) is 0 Å². The smallest absolute Gasteiger partial charge is 0.310 e. The van der Waals surface area contributed by atoms with Gasteiger partial charge in [-0.1, -0.05) is 18.9 Å². The Bertz CT molecular complexity index is 530. The first kappa shape index (κ1) is 14.3. The number of nitrogen functional groups attached to an aromatic ring is 1. The van der Waals surface area contributed by atoms with E-state index in [-0.39, 0.29) is 0 Å². The van der Waals surface area contributed by atoms with E-state index in [1.807, 2.05) is 12.1 Å². The summed E-state index contributed by atoms with van der Waals surface area (Å²) in [5.41, 5.74) is 6.33. The largest absolute Gasteiger partial charge is 0.481 e. The number of carbonyl (C=O) groups is 1. The van der Waals surface area contributed by atoms with Crippen LogP contribution in [-0.2, 0) is 11.3 Å². The molecule has 1 aliphatic carbocycles. The van der Waals surface area contributed by atoms with Crippen LogP contribution >= 0.6 is 0 Å². The summed E-state index contributed by atoms with van der Waals surface area (Å²) in [4.78, 5) is 18.2. The molecule has 0 unspecified atom stereocenters. The Kier molecular flexibility index (Phi) is 3.85. The number of rotatable bonds is 5. The SMILES string of the molecule is Nc1ncccc1CN1CCC[C@@](CC2CC2)(C(=O)O)C1. The molecule has 1 saturated carbocycles. The van der Waals surface area contributed by atoms with Gasteiger partial charge in [0, 0.05) is 24.8 Å². The van der Waals surface area contributed by atoms with E-state index in [4.69, 9.17) is 5.73 Å². The van der Waals surface area contributed by atoms with E-state index in [0.717, 1.165) is 31.4 Å². The fraction of sp³-hybridized carbons (Fsp3) is 0.625. The zero-order valence-electron chi connectivity index (χ0n) is 12.3. The number of carboxylic acids is 1. The molecule has 0 aromatic carbocycles. The van der Waals surface area contributed by atoms with Gasteiger partial charge in [-0.25, -0.2) is 4.98 Å². The summed E-state index contributed by atoms with van der Waals surface area (Å²) in [7, 11) is 0. The molecule has 1 aromatic rings. The quantitative estimate of drug-likeness (QED) is 0.868. The van der Waals surface area contributed by atoms with Crippen molar-refractivity contribution in [1.82, 2.24) is 9.88 Å². The third kappa shape index (κ3) is 3.18. The highest BCUT2D eigenvalue weighted by Crippen LogP contribution is 2.45.